The van der Waals surface area contributed by atoms with Crippen molar-refractivity contribution in [1.82, 2.24) is 0 Å². The van der Waals surface area contributed by atoms with Gasteiger partial charge in [-0.2, -0.15) is 0 Å². The van der Waals surface area contributed by atoms with Crippen molar-refractivity contribution >= 4 is 23.5 Å². The number of aliphatic hydroxyl groups is 3. The summed E-state index contributed by atoms with van der Waals surface area (Å²) < 4.78 is 44.1. The van der Waals surface area contributed by atoms with Crippen LogP contribution in [0.2, 0.25) is 0 Å². The SMILES string of the molecule is O=P([O-])([O-])OC1C(O)C(O)C(O)C(OP(=O)([O-])O)C1OP(=O)(O)O.[K+].[K+].[K+]. The predicted molar refractivity (Wildman–Crippen MR) is 62.1 cm³/mol. The van der Waals surface area contributed by atoms with Crippen molar-refractivity contribution in [3.05, 3.63) is 0 Å². The van der Waals surface area contributed by atoms with Gasteiger partial charge in [0.05, 0.1) is 7.82 Å². The molecule has 0 saturated heterocycles. The van der Waals surface area contributed by atoms with E-state index in [4.69, 9.17) is 14.7 Å². The van der Waals surface area contributed by atoms with Crippen LogP contribution in [0.1, 0.15) is 0 Å². The van der Waals surface area contributed by atoms with Crippen molar-refractivity contribution in [2.24, 2.45) is 0 Å². The van der Waals surface area contributed by atoms with Crippen LogP contribution in [0.25, 0.3) is 0 Å². The molecule has 1 aliphatic carbocycles. The van der Waals surface area contributed by atoms with E-state index in [1.165, 1.54) is 0 Å². The van der Waals surface area contributed by atoms with E-state index in [0.717, 1.165) is 0 Å². The van der Waals surface area contributed by atoms with Crippen LogP contribution in [-0.4, -0.2) is 66.6 Å². The third-order valence-electron chi connectivity index (χ3n) is 2.79. The normalized spacial score (nSPS) is 33.7. The van der Waals surface area contributed by atoms with Crippen molar-refractivity contribution < 1.29 is 226 Å². The molecule has 1 aliphatic rings. The molecule has 27 heavy (non-hydrogen) atoms. The van der Waals surface area contributed by atoms with Gasteiger partial charge in [-0.25, -0.2) is 4.57 Å². The molecule has 0 radical (unpaired) electrons. The van der Waals surface area contributed by atoms with Gasteiger partial charge in [0.2, 0.25) is 0 Å². The quantitative estimate of drug-likeness (QED) is 0.136. The minimum Gasteiger partial charge on any atom is -0.790 e. The van der Waals surface area contributed by atoms with Gasteiger partial charge < -0.3 is 58.3 Å². The number of aliphatic hydroxyl groups excluding tert-OH is 3. The first-order valence-electron chi connectivity index (χ1n) is 5.72. The number of phosphoric acid groups is 3. The van der Waals surface area contributed by atoms with Crippen LogP contribution in [0, 0.1) is 0 Å². The molecule has 0 spiro atoms. The number of hydrogen-bond donors (Lipinski definition) is 6. The van der Waals surface area contributed by atoms with Crippen LogP contribution in [0.15, 0.2) is 0 Å². The van der Waals surface area contributed by atoms with Crippen LogP contribution in [-0.2, 0) is 27.3 Å². The third kappa shape index (κ3) is 13.6. The summed E-state index contributed by atoms with van der Waals surface area (Å²) in [6.07, 6.45) is -15.0. The smallest absolute Gasteiger partial charge is 0.790 e. The summed E-state index contributed by atoms with van der Waals surface area (Å²) in [5, 5.41) is 28.8. The van der Waals surface area contributed by atoms with Gasteiger partial charge >= 0.3 is 162 Å². The Labute approximate surface area is 279 Å². The van der Waals surface area contributed by atoms with Crippen LogP contribution in [0.3, 0.4) is 0 Å². The molecular formula is C6H12K3O15P3. The van der Waals surface area contributed by atoms with E-state index in [9.17, 15) is 43.7 Å². The maximum absolute atomic E-state index is 10.9. The zero-order valence-corrected chi connectivity index (χ0v) is 26.2. The Morgan fingerprint density at radius 3 is 1.30 bits per heavy atom. The van der Waals surface area contributed by atoms with Gasteiger partial charge in [0.25, 0.3) is 7.82 Å². The number of phosphoric ester groups is 3. The second kappa shape index (κ2) is 14.5. The second-order valence-corrected chi connectivity index (χ2v) is 8.03. The standard InChI is InChI=1S/C6H15O15P3.3K/c7-1-2(8)4(19-22(10,11)12)6(21-24(16,17)18)5(3(1)9)20-23(13,14)15;;;/h1-9H,(H2,10,11,12)(H2,13,14,15)(H2,16,17,18);;;/q;3*+1/p-3. The second-order valence-electron chi connectivity index (χ2n) is 4.59. The first-order valence-corrected chi connectivity index (χ1v) is 10.2. The molecule has 1 saturated carbocycles. The van der Waals surface area contributed by atoms with E-state index in [1.54, 1.807) is 0 Å². The maximum Gasteiger partial charge on any atom is 1.00 e. The van der Waals surface area contributed by atoms with Crippen molar-refractivity contribution in [3.63, 3.8) is 0 Å². The molecule has 0 aromatic heterocycles. The first kappa shape index (κ1) is 36.7. The molecule has 0 bridgehead atoms. The van der Waals surface area contributed by atoms with Crippen LogP contribution in [0.5, 0.6) is 0 Å². The van der Waals surface area contributed by atoms with E-state index in [0.29, 0.717) is 0 Å². The van der Waals surface area contributed by atoms with Crippen LogP contribution < -0.4 is 169 Å². The fraction of sp³-hybridized carbons (Fsp3) is 1.00. The maximum atomic E-state index is 10.9. The fourth-order valence-electron chi connectivity index (χ4n) is 1.99. The largest absolute Gasteiger partial charge is 1.00 e. The van der Waals surface area contributed by atoms with Gasteiger partial charge in [-0.15, -0.1) is 0 Å². The Balaban J connectivity index is -0.00000192. The molecule has 21 heteroatoms. The number of rotatable bonds is 6. The average Bonchev–Trinajstić information content (AvgIpc) is 2.32. The van der Waals surface area contributed by atoms with E-state index in [1.807, 2.05) is 0 Å². The minimum absolute atomic E-state index is 0. The Hall–Kier alpha value is 5.12. The Bertz CT molecular complexity index is 549. The van der Waals surface area contributed by atoms with E-state index in [-0.39, 0.29) is 154 Å². The Morgan fingerprint density at radius 1 is 0.630 bits per heavy atom. The molecule has 7 atom stereocenters. The van der Waals surface area contributed by atoms with Crippen molar-refractivity contribution in [2.75, 3.05) is 0 Å². The summed E-state index contributed by atoms with van der Waals surface area (Å²) in [6, 6.07) is 0. The van der Waals surface area contributed by atoms with Gasteiger partial charge in [-0.3, -0.25) is 9.09 Å². The fourth-order valence-corrected chi connectivity index (χ4v) is 3.64. The Kier molecular flexibility index (Phi) is 19.7. The summed E-state index contributed by atoms with van der Waals surface area (Å²) in [4.78, 5) is 58.3. The molecule has 1 rings (SSSR count). The van der Waals surface area contributed by atoms with E-state index in [2.05, 4.69) is 13.6 Å². The summed E-state index contributed by atoms with van der Waals surface area (Å²) >= 11 is 0. The van der Waals surface area contributed by atoms with Crippen molar-refractivity contribution in [1.29, 1.82) is 0 Å². The molecule has 6 N–H and O–H groups in total. The summed E-state index contributed by atoms with van der Waals surface area (Å²) in [6.45, 7) is 0. The third-order valence-corrected chi connectivity index (χ3v) is 4.31. The molecule has 7 unspecified atom stereocenters. The summed E-state index contributed by atoms with van der Waals surface area (Å²) in [5.74, 6) is 0. The average molecular weight is 534 g/mol. The monoisotopic (exact) mass is 534 g/mol. The molecule has 0 aromatic rings. The van der Waals surface area contributed by atoms with Crippen molar-refractivity contribution in [3.8, 4) is 0 Å². The van der Waals surface area contributed by atoms with Gasteiger partial charge in [0, 0.05) is 0 Å². The predicted octanol–water partition coefficient (Wildman–Crippen LogP) is -14.4. The zero-order chi connectivity index (χ0) is 19.1. The molecular weight excluding hydrogens is 522 g/mol. The summed E-state index contributed by atoms with van der Waals surface area (Å²) in [5.41, 5.74) is 0. The van der Waals surface area contributed by atoms with Crippen LogP contribution >= 0.6 is 23.5 Å². The summed E-state index contributed by atoms with van der Waals surface area (Å²) in [7, 11) is -17.2. The molecule has 1 fully saturated rings. The van der Waals surface area contributed by atoms with E-state index >= 15 is 0 Å². The molecule has 0 amide bonds. The van der Waals surface area contributed by atoms with Gasteiger partial charge in [-0.1, -0.05) is 0 Å². The van der Waals surface area contributed by atoms with E-state index < -0.39 is 60.1 Å². The van der Waals surface area contributed by atoms with Crippen LogP contribution in [0.4, 0.5) is 0 Å². The molecule has 0 heterocycles. The van der Waals surface area contributed by atoms with Crippen molar-refractivity contribution in [2.45, 2.75) is 36.6 Å². The first-order chi connectivity index (χ1) is 10.5. The zero-order valence-electron chi connectivity index (χ0n) is 14.2. The molecule has 0 aliphatic heterocycles. The number of hydrogen-bond acceptors (Lipinski definition) is 12. The van der Waals surface area contributed by atoms with Gasteiger partial charge in [-0.05, 0) is 0 Å². The van der Waals surface area contributed by atoms with Gasteiger partial charge in [0.15, 0.2) is 0 Å². The molecule has 15 nitrogen and oxygen atoms in total. The van der Waals surface area contributed by atoms with Gasteiger partial charge in [0.1, 0.15) is 36.6 Å². The molecule has 144 valence electrons. The minimum atomic E-state index is -5.95. The Morgan fingerprint density at radius 2 is 1.00 bits per heavy atom. The topological polar surface area (TPSA) is 269 Å². The molecule has 0 aromatic carbocycles.